The van der Waals surface area contributed by atoms with Crippen LogP contribution in [0, 0.1) is 11.8 Å². The molecule has 2 atom stereocenters. The number of rotatable bonds is 1. The van der Waals surface area contributed by atoms with E-state index < -0.39 is 0 Å². The Balaban J connectivity index is 1.97. The molecule has 2 unspecified atom stereocenters. The maximum atomic E-state index is 6.10. The third kappa shape index (κ3) is 0.710. The molecule has 0 heterocycles. The van der Waals surface area contributed by atoms with Crippen molar-refractivity contribution in [3.05, 3.63) is 0 Å². The Hall–Kier alpha value is -0.0400. The van der Waals surface area contributed by atoms with Crippen molar-refractivity contribution in [2.45, 2.75) is 38.1 Å². The Bertz CT molecular complexity index is 127. The highest BCUT2D eigenvalue weighted by Crippen LogP contribution is 2.52. The summed E-state index contributed by atoms with van der Waals surface area (Å²) in [5.74, 6) is 1.83. The van der Waals surface area contributed by atoms with Gasteiger partial charge in [-0.05, 0) is 37.5 Å². The molecule has 2 aliphatic carbocycles. The minimum absolute atomic E-state index is 0.305. The summed E-state index contributed by atoms with van der Waals surface area (Å²) in [5.41, 5.74) is 6.40. The molecule has 2 N–H and O–H groups in total. The molecule has 52 valence electrons. The van der Waals surface area contributed by atoms with E-state index in [-0.39, 0.29) is 0 Å². The molecule has 0 radical (unpaired) electrons. The molecular weight excluding hydrogens is 110 g/mol. The molecule has 2 fully saturated rings. The second-order valence-corrected chi connectivity index (χ2v) is 3.91. The maximum Gasteiger partial charge on any atom is 0.0185 e. The third-order valence-electron chi connectivity index (χ3n) is 3.13. The van der Waals surface area contributed by atoms with E-state index in [4.69, 9.17) is 5.73 Å². The highest BCUT2D eigenvalue weighted by molar-refractivity contribution is 5.06. The van der Waals surface area contributed by atoms with Crippen molar-refractivity contribution in [3.63, 3.8) is 0 Å². The van der Waals surface area contributed by atoms with Crippen LogP contribution in [0.4, 0.5) is 0 Å². The van der Waals surface area contributed by atoms with Crippen molar-refractivity contribution >= 4 is 0 Å². The molecule has 1 nitrogen and oxygen atoms in total. The largest absolute Gasteiger partial charge is 0.325 e. The highest BCUT2D eigenvalue weighted by atomic mass is 14.8. The van der Waals surface area contributed by atoms with E-state index >= 15 is 0 Å². The summed E-state index contributed by atoms with van der Waals surface area (Å²) >= 11 is 0. The summed E-state index contributed by atoms with van der Waals surface area (Å²) in [6.07, 6.45) is 5.36. The Morgan fingerprint density at radius 1 is 1.44 bits per heavy atom. The van der Waals surface area contributed by atoms with Gasteiger partial charge in [0.1, 0.15) is 0 Å². The summed E-state index contributed by atoms with van der Waals surface area (Å²) in [6, 6.07) is 0. The number of nitrogens with two attached hydrogens (primary N) is 1. The first-order valence-electron chi connectivity index (χ1n) is 4.01. The average molecular weight is 125 g/mol. The predicted octanol–water partition coefficient (Wildman–Crippen LogP) is 1.52. The lowest BCUT2D eigenvalue weighted by Gasteiger charge is -2.38. The summed E-state index contributed by atoms with van der Waals surface area (Å²) in [6.45, 7) is 2.32. The number of hydrogen-bond donors (Lipinski definition) is 1. The van der Waals surface area contributed by atoms with E-state index in [0.29, 0.717) is 5.54 Å². The molecule has 2 aliphatic rings. The van der Waals surface area contributed by atoms with Crippen LogP contribution in [-0.2, 0) is 0 Å². The molecule has 9 heavy (non-hydrogen) atoms. The molecule has 1 heteroatoms. The van der Waals surface area contributed by atoms with Crippen LogP contribution in [0.5, 0.6) is 0 Å². The predicted molar refractivity (Wildman–Crippen MR) is 38.0 cm³/mol. The number of hydrogen-bond acceptors (Lipinski definition) is 1. The van der Waals surface area contributed by atoms with Crippen LogP contribution in [0.1, 0.15) is 32.6 Å². The summed E-state index contributed by atoms with van der Waals surface area (Å²) in [5, 5.41) is 0. The van der Waals surface area contributed by atoms with Crippen LogP contribution in [-0.4, -0.2) is 5.54 Å². The molecule has 0 aromatic heterocycles. The standard InChI is InChI=1S/C8H15N/c1-6-5-7(6)8(9)3-2-4-8/h6-7H,2-5,9H2,1H3. The second-order valence-electron chi connectivity index (χ2n) is 3.91. The minimum Gasteiger partial charge on any atom is -0.325 e. The average Bonchev–Trinajstić information content (AvgIpc) is 2.40. The topological polar surface area (TPSA) is 26.0 Å². The van der Waals surface area contributed by atoms with Gasteiger partial charge in [0, 0.05) is 5.54 Å². The fourth-order valence-corrected chi connectivity index (χ4v) is 2.08. The van der Waals surface area contributed by atoms with E-state index in [0.717, 1.165) is 11.8 Å². The van der Waals surface area contributed by atoms with Crippen LogP contribution in [0.15, 0.2) is 0 Å². The molecule has 0 aromatic rings. The van der Waals surface area contributed by atoms with Crippen LogP contribution in [0.3, 0.4) is 0 Å². The monoisotopic (exact) mass is 125 g/mol. The van der Waals surface area contributed by atoms with Crippen molar-refractivity contribution in [3.8, 4) is 0 Å². The first-order chi connectivity index (χ1) is 4.22. The van der Waals surface area contributed by atoms with Crippen molar-refractivity contribution < 1.29 is 0 Å². The Kier molecular flexibility index (Phi) is 0.963. The molecule has 2 rings (SSSR count). The van der Waals surface area contributed by atoms with Crippen molar-refractivity contribution in [1.82, 2.24) is 0 Å². The van der Waals surface area contributed by atoms with Crippen LogP contribution in [0.2, 0.25) is 0 Å². The van der Waals surface area contributed by atoms with Crippen molar-refractivity contribution in [2.75, 3.05) is 0 Å². The van der Waals surface area contributed by atoms with Gasteiger partial charge in [-0.1, -0.05) is 6.92 Å². The maximum absolute atomic E-state index is 6.10. The van der Waals surface area contributed by atoms with Crippen molar-refractivity contribution in [1.29, 1.82) is 0 Å². The van der Waals surface area contributed by atoms with Crippen LogP contribution < -0.4 is 5.73 Å². The lowest BCUT2D eigenvalue weighted by molar-refractivity contribution is 0.206. The zero-order valence-electron chi connectivity index (χ0n) is 6.06. The van der Waals surface area contributed by atoms with E-state index in [1.165, 1.54) is 25.7 Å². The normalized spacial score (nSPS) is 46.0. The summed E-state index contributed by atoms with van der Waals surface area (Å²) in [4.78, 5) is 0. The van der Waals surface area contributed by atoms with E-state index in [1.807, 2.05) is 0 Å². The molecule has 0 aromatic carbocycles. The molecular formula is C8H15N. The zero-order chi connectivity index (χ0) is 6.48. The molecule has 0 spiro atoms. The minimum atomic E-state index is 0.305. The lowest BCUT2D eigenvalue weighted by atomic mass is 9.73. The second kappa shape index (κ2) is 1.51. The van der Waals surface area contributed by atoms with Crippen LogP contribution in [0.25, 0.3) is 0 Å². The van der Waals surface area contributed by atoms with Gasteiger partial charge in [-0.15, -0.1) is 0 Å². The Labute approximate surface area is 56.6 Å². The van der Waals surface area contributed by atoms with Crippen molar-refractivity contribution in [2.24, 2.45) is 17.6 Å². The molecule has 0 amide bonds. The molecule has 2 saturated carbocycles. The zero-order valence-corrected chi connectivity index (χ0v) is 6.06. The molecule has 0 bridgehead atoms. The fourth-order valence-electron chi connectivity index (χ4n) is 2.08. The van der Waals surface area contributed by atoms with Gasteiger partial charge in [0.05, 0.1) is 0 Å². The SMILES string of the molecule is CC1CC1C1(N)CCC1. The third-order valence-corrected chi connectivity index (χ3v) is 3.13. The Morgan fingerprint density at radius 2 is 2.00 bits per heavy atom. The van der Waals surface area contributed by atoms with Gasteiger partial charge in [0.2, 0.25) is 0 Å². The quantitative estimate of drug-likeness (QED) is 0.565. The molecule has 0 aliphatic heterocycles. The van der Waals surface area contributed by atoms with Gasteiger partial charge in [0.25, 0.3) is 0 Å². The van der Waals surface area contributed by atoms with Gasteiger partial charge in [0.15, 0.2) is 0 Å². The van der Waals surface area contributed by atoms with Crippen LogP contribution >= 0.6 is 0 Å². The first-order valence-corrected chi connectivity index (χ1v) is 4.01. The smallest absolute Gasteiger partial charge is 0.0185 e. The van der Waals surface area contributed by atoms with Gasteiger partial charge in [-0.25, -0.2) is 0 Å². The van der Waals surface area contributed by atoms with E-state index in [2.05, 4.69) is 6.92 Å². The van der Waals surface area contributed by atoms with Gasteiger partial charge < -0.3 is 5.73 Å². The van der Waals surface area contributed by atoms with E-state index in [9.17, 15) is 0 Å². The first kappa shape index (κ1) is 5.72. The van der Waals surface area contributed by atoms with Gasteiger partial charge >= 0.3 is 0 Å². The lowest BCUT2D eigenvalue weighted by Crippen LogP contribution is -2.49. The fraction of sp³-hybridized carbons (Fsp3) is 1.00. The van der Waals surface area contributed by atoms with E-state index in [1.54, 1.807) is 0 Å². The Morgan fingerprint density at radius 3 is 2.11 bits per heavy atom. The van der Waals surface area contributed by atoms with Gasteiger partial charge in [-0.3, -0.25) is 0 Å². The molecule has 0 saturated heterocycles. The highest BCUT2D eigenvalue weighted by Gasteiger charge is 2.50. The summed E-state index contributed by atoms with van der Waals surface area (Å²) in [7, 11) is 0. The summed E-state index contributed by atoms with van der Waals surface area (Å²) < 4.78 is 0. The van der Waals surface area contributed by atoms with Gasteiger partial charge in [-0.2, -0.15) is 0 Å².